The molecule has 2 aromatic heterocycles. The average molecular weight is 273 g/mol. The molecule has 0 atom stereocenters. The fourth-order valence-corrected chi connectivity index (χ4v) is 1.91. The Morgan fingerprint density at radius 3 is 2.80 bits per heavy atom. The number of carboxylic acids is 1. The number of aromatic amines is 1. The second-order valence-corrected chi connectivity index (χ2v) is 4.54. The van der Waals surface area contributed by atoms with Gasteiger partial charge in [-0.05, 0) is 31.5 Å². The lowest BCUT2D eigenvalue weighted by atomic mass is 10.1. The van der Waals surface area contributed by atoms with Crippen molar-refractivity contribution in [3.05, 3.63) is 47.0 Å². The van der Waals surface area contributed by atoms with Crippen molar-refractivity contribution < 1.29 is 14.7 Å². The second-order valence-electron chi connectivity index (χ2n) is 4.54. The number of hydrogen-bond donors (Lipinski definition) is 3. The SMILES string of the molecule is Cc1cc(NC(=O)Cc2ncccc2C)c(C(=O)O)[nH]1. The van der Waals surface area contributed by atoms with Crippen molar-refractivity contribution >= 4 is 17.6 Å². The Balaban J connectivity index is 2.13. The van der Waals surface area contributed by atoms with Crippen LogP contribution in [0.5, 0.6) is 0 Å². The Morgan fingerprint density at radius 1 is 1.40 bits per heavy atom. The van der Waals surface area contributed by atoms with Crippen LogP contribution in [-0.4, -0.2) is 27.0 Å². The van der Waals surface area contributed by atoms with Crippen molar-refractivity contribution in [2.75, 3.05) is 5.32 Å². The summed E-state index contributed by atoms with van der Waals surface area (Å²) < 4.78 is 0. The summed E-state index contributed by atoms with van der Waals surface area (Å²) in [6.07, 6.45) is 1.73. The highest BCUT2D eigenvalue weighted by Gasteiger charge is 2.16. The average Bonchev–Trinajstić information content (AvgIpc) is 2.73. The number of aryl methyl sites for hydroxylation is 2. The Morgan fingerprint density at radius 2 is 2.15 bits per heavy atom. The number of rotatable bonds is 4. The van der Waals surface area contributed by atoms with E-state index in [0.717, 1.165) is 5.56 Å². The van der Waals surface area contributed by atoms with E-state index in [0.29, 0.717) is 11.4 Å². The molecule has 0 saturated carbocycles. The van der Waals surface area contributed by atoms with Gasteiger partial charge in [0.25, 0.3) is 0 Å². The van der Waals surface area contributed by atoms with Crippen molar-refractivity contribution in [2.24, 2.45) is 0 Å². The van der Waals surface area contributed by atoms with Crippen molar-refractivity contribution in [2.45, 2.75) is 20.3 Å². The third kappa shape index (κ3) is 3.03. The van der Waals surface area contributed by atoms with Crippen LogP contribution in [0.15, 0.2) is 24.4 Å². The van der Waals surface area contributed by atoms with Gasteiger partial charge in [-0.2, -0.15) is 0 Å². The van der Waals surface area contributed by atoms with Gasteiger partial charge < -0.3 is 15.4 Å². The minimum absolute atomic E-state index is 0.0198. The van der Waals surface area contributed by atoms with Crippen LogP contribution in [0.1, 0.15) is 27.4 Å². The number of amides is 1. The van der Waals surface area contributed by atoms with E-state index in [4.69, 9.17) is 5.11 Å². The Hall–Kier alpha value is -2.63. The fraction of sp³-hybridized carbons (Fsp3) is 0.214. The summed E-state index contributed by atoms with van der Waals surface area (Å²) >= 11 is 0. The summed E-state index contributed by atoms with van der Waals surface area (Å²) in [5, 5.41) is 11.6. The number of H-pyrrole nitrogens is 1. The van der Waals surface area contributed by atoms with E-state index in [1.165, 1.54) is 0 Å². The third-order valence-electron chi connectivity index (χ3n) is 2.89. The van der Waals surface area contributed by atoms with Gasteiger partial charge in [-0.1, -0.05) is 6.07 Å². The maximum Gasteiger partial charge on any atom is 0.354 e. The molecule has 0 radical (unpaired) electrons. The number of carbonyl (C=O) groups excluding carboxylic acids is 1. The number of carbonyl (C=O) groups is 2. The molecule has 0 aliphatic heterocycles. The third-order valence-corrected chi connectivity index (χ3v) is 2.89. The lowest BCUT2D eigenvalue weighted by Gasteiger charge is -2.06. The lowest BCUT2D eigenvalue weighted by Crippen LogP contribution is -2.17. The number of aromatic nitrogens is 2. The number of carboxylic acid groups (broad SMARTS) is 1. The smallest absolute Gasteiger partial charge is 0.354 e. The van der Waals surface area contributed by atoms with Crippen molar-refractivity contribution in [1.29, 1.82) is 0 Å². The fourth-order valence-electron chi connectivity index (χ4n) is 1.91. The molecule has 0 aromatic carbocycles. The van der Waals surface area contributed by atoms with Crippen LogP contribution < -0.4 is 5.32 Å². The summed E-state index contributed by atoms with van der Waals surface area (Å²) in [4.78, 5) is 29.8. The monoisotopic (exact) mass is 273 g/mol. The molecule has 0 aliphatic carbocycles. The van der Waals surface area contributed by atoms with E-state index in [9.17, 15) is 9.59 Å². The summed E-state index contributed by atoms with van der Waals surface area (Å²) in [6.45, 7) is 3.60. The number of nitrogens with zero attached hydrogens (tertiary/aromatic N) is 1. The largest absolute Gasteiger partial charge is 0.477 e. The van der Waals surface area contributed by atoms with Crippen molar-refractivity contribution in [3.8, 4) is 0 Å². The Kier molecular flexibility index (Phi) is 3.84. The van der Waals surface area contributed by atoms with E-state index in [2.05, 4.69) is 15.3 Å². The Labute approximate surface area is 115 Å². The van der Waals surface area contributed by atoms with E-state index >= 15 is 0 Å². The minimum atomic E-state index is -1.11. The molecule has 0 saturated heterocycles. The van der Waals surface area contributed by atoms with Gasteiger partial charge in [0.1, 0.15) is 5.69 Å². The van der Waals surface area contributed by atoms with Gasteiger partial charge in [0.2, 0.25) is 5.91 Å². The first-order valence-corrected chi connectivity index (χ1v) is 6.10. The molecule has 3 N–H and O–H groups in total. The highest BCUT2D eigenvalue weighted by Crippen LogP contribution is 2.17. The van der Waals surface area contributed by atoms with E-state index in [-0.39, 0.29) is 23.7 Å². The molecule has 2 heterocycles. The molecule has 6 heteroatoms. The van der Waals surface area contributed by atoms with Crippen LogP contribution in [0.3, 0.4) is 0 Å². The zero-order valence-electron chi connectivity index (χ0n) is 11.2. The van der Waals surface area contributed by atoms with Gasteiger partial charge in [0.15, 0.2) is 0 Å². The second kappa shape index (κ2) is 5.56. The molecule has 20 heavy (non-hydrogen) atoms. The molecule has 2 aromatic rings. The van der Waals surface area contributed by atoms with Crippen LogP contribution >= 0.6 is 0 Å². The quantitative estimate of drug-likeness (QED) is 0.793. The minimum Gasteiger partial charge on any atom is -0.477 e. The molecule has 2 rings (SSSR count). The number of nitrogens with one attached hydrogen (secondary N) is 2. The van der Waals surface area contributed by atoms with Crippen LogP contribution in [0.25, 0.3) is 0 Å². The first-order valence-electron chi connectivity index (χ1n) is 6.10. The molecule has 1 amide bonds. The van der Waals surface area contributed by atoms with Gasteiger partial charge in [0, 0.05) is 11.9 Å². The molecule has 0 fully saturated rings. The maximum absolute atomic E-state index is 12.0. The van der Waals surface area contributed by atoms with Gasteiger partial charge in [-0.3, -0.25) is 9.78 Å². The zero-order valence-corrected chi connectivity index (χ0v) is 11.2. The molecular weight excluding hydrogens is 258 g/mol. The van der Waals surface area contributed by atoms with Crippen LogP contribution in [-0.2, 0) is 11.2 Å². The number of anilines is 1. The summed E-state index contributed by atoms with van der Waals surface area (Å²) in [5.74, 6) is -1.41. The Bertz CT molecular complexity index is 661. The molecule has 0 spiro atoms. The number of aromatic carboxylic acids is 1. The van der Waals surface area contributed by atoms with Crippen molar-refractivity contribution in [3.63, 3.8) is 0 Å². The molecule has 0 bridgehead atoms. The van der Waals surface area contributed by atoms with E-state index in [1.807, 2.05) is 13.0 Å². The van der Waals surface area contributed by atoms with Crippen LogP contribution in [0, 0.1) is 13.8 Å². The zero-order chi connectivity index (χ0) is 14.7. The number of hydrogen-bond acceptors (Lipinski definition) is 3. The first-order chi connectivity index (χ1) is 9.47. The maximum atomic E-state index is 12.0. The normalized spacial score (nSPS) is 10.3. The standard InChI is InChI=1S/C14H15N3O3/c1-8-4-3-5-15-10(8)7-12(18)17-11-6-9(2)16-13(11)14(19)20/h3-6,16H,7H2,1-2H3,(H,17,18)(H,19,20). The molecule has 6 nitrogen and oxygen atoms in total. The van der Waals surface area contributed by atoms with Gasteiger partial charge in [-0.25, -0.2) is 4.79 Å². The van der Waals surface area contributed by atoms with Crippen LogP contribution in [0.4, 0.5) is 5.69 Å². The first kappa shape index (κ1) is 13.8. The molecule has 104 valence electrons. The van der Waals surface area contributed by atoms with Crippen molar-refractivity contribution in [1.82, 2.24) is 9.97 Å². The predicted molar refractivity (Wildman–Crippen MR) is 73.8 cm³/mol. The molecule has 0 aliphatic rings. The van der Waals surface area contributed by atoms with Gasteiger partial charge >= 0.3 is 5.97 Å². The molecule has 0 unspecified atom stereocenters. The van der Waals surface area contributed by atoms with E-state index < -0.39 is 5.97 Å². The highest BCUT2D eigenvalue weighted by molar-refractivity contribution is 6.00. The van der Waals surface area contributed by atoms with Gasteiger partial charge in [0.05, 0.1) is 17.8 Å². The van der Waals surface area contributed by atoms with Crippen LogP contribution in [0.2, 0.25) is 0 Å². The topological polar surface area (TPSA) is 95.1 Å². The predicted octanol–water partition coefficient (Wildman–Crippen LogP) is 1.91. The van der Waals surface area contributed by atoms with Gasteiger partial charge in [-0.15, -0.1) is 0 Å². The van der Waals surface area contributed by atoms with E-state index in [1.54, 1.807) is 25.3 Å². The number of pyridine rings is 1. The lowest BCUT2D eigenvalue weighted by molar-refractivity contribution is -0.115. The summed E-state index contributed by atoms with van der Waals surface area (Å²) in [7, 11) is 0. The highest BCUT2D eigenvalue weighted by atomic mass is 16.4. The molecular formula is C14H15N3O3. The summed E-state index contributed by atoms with van der Waals surface area (Å²) in [6, 6.07) is 5.26. The summed E-state index contributed by atoms with van der Waals surface area (Å²) in [5.41, 5.74) is 2.52.